The molecule has 6 heteroatoms. The summed E-state index contributed by atoms with van der Waals surface area (Å²) >= 11 is 0. The van der Waals surface area contributed by atoms with Crippen molar-refractivity contribution in [3.8, 4) is 22.5 Å². The van der Waals surface area contributed by atoms with E-state index in [1.165, 1.54) is 22.3 Å². The predicted octanol–water partition coefficient (Wildman–Crippen LogP) is 7.11. The molecule has 2 bridgehead atoms. The second-order valence-electron chi connectivity index (χ2n) is 10.9. The van der Waals surface area contributed by atoms with Crippen LogP contribution in [-0.4, -0.2) is 40.6 Å². The maximum atomic E-state index is 13.5. The topological polar surface area (TPSA) is 72.6 Å². The number of piperidine rings is 2. The molecule has 0 radical (unpaired) electrons. The third kappa shape index (κ3) is 4.24. The molecule has 196 valence electrons. The molecule has 7 rings (SSSR count). The van der Waals surface area contributed by atoms with Crippen molar-refractivity contribution < 1.29 is 18.8 Å². The zero-order valence-electron chi connectivity index (χ0n) is 21.7. The van der Waals surface area contributed by atoms with Crippen LogP contribution in [0.25, 0.3) is 22.5 Å². The molecule has 2 fully saturated rings. The van der Waals surface area contributed by atoms with E-state index in [0.717, 1.165) is 24.8 Å². The molecular formula is C33H30N2O4. The molecule has 2 saturated heterocycles. The highest BCUT2D eigenvalue weighted by atomic mass is 16.6. The van der Waals surface area contributed by atoms with E-state index in [2.05, 4.69) is 41.6 Å². The molecule has 6 nitrogen and oxygen atoms in total. The Morgan fingerprint density at radius 2 is 1.49 bits per heavy atom. The summed E-state index contributed by atoms with van der Waals surface area (Å²) in [6.45, 7) is 0.322. The Kier molecular flexibility index (Phi) is 6.03. The van der Waals surface area contributed by atoms with Crippen molar-refractivity contribution >= 4 is 11.9 Å². The minimum Gasteiger partial charge on any atom is -0.448 e. The van der Waals surface area contributed by atoms with Crippen LogP contribution in [-0.2, 0) is 4.74 Å². The normalized spacial score (nSPS) is 21.7. The number of fused-ring (bicyclic) bond motifs is 5. The van der Waals surface area contributed by atoms with Gasteiger partial charge in [-0.3, -0.25) is 4.79 Å². The molecular weight excluding hydrogens is 488 g/mol. The summed E-state index contributed by atoms with van der Waals surface area (Å²) < 4.78 is 11.3. The lowest BCUT2D eigenvalue weighted by Crippen LogP contribution is -2.55. The Bertz CT molecular complexity index is 1450. The fraction of sp³-hybridized carbons (Fsp3) is 0.303. The number of amides is 1. The highest BCUT2D eigenvalue weighted by Crippen LogP contribution is 2.45. The lowest BCUT2D eigenvalue weighted by atomic mass is 9.76. The van der Waals surface area contributed by atoms with Crippen molar-refractivity contribution in [3.05, 3.63) is 102 Å². The smallest absolute Gasteiger partial charge is 0.410 e. The number of rotatable bonds is 5. The largest absolute Gasteiger partial charge is 0.448 e. The van der Waals surface area contributed by atoms with Crippen LogP contribution in [0, 0.1) is 5.92 Å². The summed E-state index contributed by atoms with van der Waals surface area (Å²) in [5, 5.41) is 3.75. The molecule has 4 aromatic rings. The zero-order valence-corrected chi connectivity index (χ0v) is 21.7. The van der Waals surface area contributed by atoms with Crippen LogP contribution in [0.4, 0.5) is 4.79 Å². The van der Waals surface area contributed by atoms with Gasteiger partial charge in [-0.1, -0.05) is 78.0 Å². The van der Waals surface area contributed by atoms with Crippen LogP contribution in [0.3, 0.4) is 0 Å². The average Bonchev–Trinajstić information content (AvgIpc) is 3.62. The second kappa shape index (κ2) is 9.84. The van der Waals surface area contributed by atoms with Gasteiger partial charge in [-0.05, 0) is 54.4 Å². The first-order valence-corrected chi connectivity index (χ1v) is 13.9. The minimum absolute atomic E-state index is 0.0376. The van der Waals surface area contributed by atoms with Gasteiger partial charge in [-0.25, -0.2) is 4.79 Å². The van der Waals surface area contributed by atoms with Gasteiger partial charge in [0, 0.05) is 41.1 Å². The standard InChI is InChI=1S/C33H30N2O4/c36-32(22-14-12-21(13-15-22)31-16-17-34-39-31)23-18-24-6-5-7-25(19-23)35(24)33(37)38-20-30-28-10-3-1-8-26(28)27-9-2-4-11-29(27)30/h1-4,8-17,23-25,30H,5-7,18-20H2. The molecule has 2 aliphatic heterocycles. The van der Waals surface area contributed by atoms with Crippen LogP contribution < -0.4 is 0 Å². The fourth-order valence-electron chi connectivity index (χ4n) is 6.96. The van der Waals surface area contributed by atoms with Gasteiger partial charge >= 0.3 is 6.09 Å². The first-order chi connectivity index (χ1) is 19.2. The third-order valence-corrected chi connectivity index (χ3v) is 8.78. The predicted molar refractivity (Wildman–Crippen MR) is 147 cm³/mol. The molecule has 1 aromatic heterocycles. The number of ketones is 1. The summed E-state index contributed by atoms with van der Waals surface area (Å²) in [7, 11) is 0. The van der Waals surface area contributed by atoms with Crippen LogP contribution in [0.5, 0.6) is 0 Å². The molecule has 3 heterocycles. The maximum absolute atomic E-state index is 13.5. The maximum Gasteiger partial charge on any atom is 0.410 e. The number of carbonyl (C=O) groups is 2. The number of ether oxygens (including phenoxy) is 1. The molecule has 1 aliphatic carbocycles. The van der Waals surface area contributed by atoms with E-state index >= 15 is 0 Å². The Labute approximate surface area is 227 Å². The van der Waals surface area contributed by atoms with Crippen molar-refractivity contribution in [3.63, 3.8) is 0 Å². The van der Waals surface area contributed by atoms with Crippen molar-refractivity contribution in [2.75, 3.05) is 6.61 Å². The quantitative estimate of drug-likeness (QED) is 0.263. The number of benzene rings is 3. The van der Waals surface area contributed by atoms with Gasteiger partial charge in [0.05, 0.1) is 6.20 Å². The van der Waals surface area contributed by atoms with Crippen LogP contribution >= 0.6 is 0 Å². The van der Waals surface area contributed by atoms with Gasteiger partial charge in [0.2, 0.25) is 0 Å². The monoisotopic (exact) mass is 518 g/mol. The van der Waals surface area contributed by atoms with E-state index in [-0.39, 0.29) is 35.8 Å². The molecule has 0 saturated carbocycles. The fourth-order valence-corrected chi connectivity index (χ4v) is 6.96. The summed E-state index contributed by atoms with van der Waals surface area (Å²) in [6.07, 6.45) is 5.64. The Morgan fingerprint density at radius 3 is 2.10 bits per heavy atom. The average molecular weight is 519 g/mol. The van der Waals surface area contributed by atoms with Crippen molar-refractivity contribution in [1.82, 2.24) is 10.1 Å². The van der Waals surface area contributed by atoms with Crippen molar-refractivity contribution in [2.45, 2.75) is 50.1 Å². The number of hydrogen-bond acceptors (Lipinski definition) is 5. The summed E-state index contributed by atoms with van der Waals surface area (Å²) in [5.74, 6) is 0.789. The van der Waals surface area contributed by atoms with Crippen LogP contribution in [0.2, 0.25) is 0 Å². The Hall–Kier alpha value is -4.19. The van der Waals surface area contributed by atoms with Crippen molar-refractivity contribution in [2.24, 2.45) is 5.92 Å². The van der Waals surface area contributed by atoms with E-state index in [1.807, 2.05) is 41.3 Å². The number of nitrogens with zero attached hydrogens (tertiary/aromatic N) is 2. The summed E-state index contributed by atoms with van der Waals surface area (Å²) in [5.41, 5.74) is 6.47. The highest BCUT2D eigenvalue weighted by molar-refractivity contribution is 5.98. The summed E-state index contributed by atoms with van der Waals surface area (Å²) in [4.78, 5) is 28.9. The molecule has 0 spiro atoms. The Morgan fingerprint density at radius 1 is 0.846 bits per heavy atom. The zero-order chi connectivity index (χ0) is 26.3. The van der Waals surface area contributed by atoms with E-state index < -0.39 is 0 Å². The SMILES string of the molecule is O=C(c1ccc(-c2ccno2)cc1)C1CC2CCCC(C1)N2C(=O)OCC1c2ccccc2-c2ccccc21. The molecule has 39 heavy (non-hydrogen) atoms. The van der Waals surface area contributed by atoms with Gasteiger partial charge in [0.25, 0.3) is 0 Å². The summed E-state index contributed by atoms with van der Waals surface area (Å²) in [6, 6.07) is 26.2. The third-order valence-electron chi connectivity index (χ3n) is 8.78. The van der Waals surface area contributed by atoms with Gasteiger partial charge in [0.1, 0.15) is 6.61 Å². The van der Waals surface area contributed by atoms with Crippen LogP contribution in [0.1, 0.15) is 59.5 Å². The first-order valence-electron chi connectivity index (χ1n) is 13.9. The highest BCUT2D eigenvalue weighted by Gasteiger charge is 2.44. The molecule has 1 amide bonds. The molecule has 3 aliphatic rings. The lowest BCUT2D eigenvalue weighted by molar-refractivity contribution is 0.00651. The van der Waals surface area contributed by atoms with Gasteiger partial charge in [0.15, 0.2) is 11.5 Å². The molecule has 2 atom stereocenters. The number of Topliss-reactive ketones (excluding diaryl/α,β-unsaturated/α-hetero) is 1. The van der Waals surface area contributed by atoms with Gasteiger partial charge in [-0.2, -0.15) is 0 Å². The number of aromatic nitrogens is 1. The number of carbonyl (C=O) groups excluding carboxylic acids is 2. The van der Waals surface area contributed by atoms with E-state index in [1.54, 1.807) is 12.3 Å². The van der Waals surface area contributed by atoms with E-state index in [4.69, 9.17) is 9.26 Å². The lowest BCUT2D eigenvalue weighted by Gasteiger charge is -2.47. The van der Waals surface area contributed by atoms with Crippen molar-refractivity contribution in [1.29, 1.82) is 0 Å². The van der Waals surface area contributed by atoms with E-state index in [0.29, 0.717) is 30.8 Å². The number of hydrogen-bond donors (Lipinski definition) is 0. The molecule has 2 unspecified atom stereocenters. The second-order valence-corrected chi connectivity index (χ2v) is 10.9. The van der Waals surface area contributed by atoms with Crippen LogP contribution in [0.15, 0.2) is 89.6 Å². The Balaban J connectivity index is 1.04. The molecule has 3 aromatic carbocycles. The van der Waals surface area contributed by atoms with E-state index in [9.17, 15) is 9.59 Å². The van der Waals surface area contributed by atoms with Gasteiger partial charge < -0.3 is 14.2 Å². The van der Waals surface area contributed by atoms with Gasteiger partial charge in [-0.15, -0.1) is 0 Å². The first kappa shape index (κ1) is 23.9. The minimum atomic E-state index is -0.242. The molecule has 0 N–H and O–H groups in total.